The van der Waals surface area contributed by atoms with Crippen molar-refractivity contribution >= 4 is 22.1 Å². The van der Waals surface area contributed by atoms with Crippen LogP contribution in [0.2, 0.25) is 0 Å². The highest BCUT2D eigenvalue weighted by atomic mass is 15.3. The highest BCUT2D eigenvalue weighted by Crippen LogP contribution is 2.17. The van der Waals surface area contributed by atoms with Crippen molar-refractivity contribution in [3.05, 3.63) is 60.9 Å². The van der Waals surface area contributed by atoms with Crippen molar-refractivity contribution < 1.29 is 4.40 Å². The summed E-state index contributed by atoms with van der Waals surface area (Å²) in [6.45, 7) is 0. The van der Waals surface area contributed by atoms with Crippen molar-refractivity contribution in [2.75, 3.05) is 0 Å². The van der Waals surface area contributed by atoms with Crippen LogP contribution >= 0.6 is 0 Å². The monoisotopic (exact) mass is 220 g/mol. The topological polar surface area (TPSA) is 21.4 Å². The van der Waals surface area contributed by atoms with Gasteiger partial charge in [-0.25, -0.2) is 0 Å². The summed E-state index contributed by atoms with van der Waals surface area (Å²) in [5.74, 6) is 0. The molecule has 0 amide bonds. The molecule has 0 radical (unpaired) electrons. The molecule has 3 heteroatoms. The molecule has 1 aromatic carbocycles. The van der Waals surface area contributed by atoms with E-state index >= 15 is 0 Å². The summed E-state index contributed by atoms with van der Waals surface area (Å²) in [6, 6.07) is 16.5. The van der Waals surface area contributed by atoms with Gasteiger partial charge in [0, 0.05) is 6.07 Å². The molecule has 3 heterocycles. The molecule has 0 aliphatic rings. The summed E-state index contributed by atoms with van der Waals surface area (Å²) in [7, 11) is 0. The zero-order chi connectivity index (χ0) is 11.2. The quantitative estimate of drug-likeness (QED) is 0.416. The van der Waals surface area contributed by atoms with Gasteiger partial charge in [0.25, 0.3) is 5.65 Å². The first-order valence-corrected chi connectivity index (χ1v) is 5.60. The normalized spacial score (nSPS) is 11.5. The minimum Gasteiger partial charge on any atom is -0.197 e. The van der Waals surface area contributed by atoms with E-state index in [2.05, 4.69) is 39.8 Å². The second kappa shape index (κ2) is 3.04. The van der Waals surface area contributed by atoms with Crippen LogP contribution in [0.3, 0.4) is 0 Å². The van der Waals surface area contributed by atoms with Crippen LogP contribution in [-0.2, 0) is 0 Å². The van der Waals surface area contributed by atoms with Crippen LogP contribution in [0, 0.1) is 0 Å². The maximum Gasteiger partial charge on any atom is 0.306 e. The number of rotatable bonds is 0. The van der Waals surface area contributed by atoms with Gasteiger partial charge in [0.05, 0.1) is 16.7 Å². The molecular weight excluding hydrogens is 210 g/mol. The molecular formula is C14H10N3+. The van der Waals surface area contributed by atoms with Gasteiger partial charge in [0.1, 0.15) is 6.20 Å². The van der Waals surface area contributed by atoms with E-state index in [1.54, 1.807) is 0 Å². The molecule has 80 valence electrons. The summed E-state index contributed by atoms with van der Waals surface area (Å²) >= 11 is 0. The Labute approximate surface area is 97.5 Å². The fourth-order valence-electron chi connectivity index (χ4n) is 2.32. The van der Waals surface area contributed by atoms with Crippen molar-refractivity contribution in [1.29, 1.82) is 0 Å². The van der Waals surface area contributed by atoms with E-state index in [4.69, 9.17) is 0 Å². The van der Waals surface area contributed by atoms with Crippen molar-refractivity contribution in [2.45, 2.75) is 0 Å². The summed E-state index contributed by atoms with van der Waals surface area (Å²) in [6.07, 6.45) is 4.05. The minimum atomic E-state index is 0.962. The maximum atomic E-state index is 4.54. The lowest BCUT2D eigenvalue weighted by Crippen LogP contribution is -2.19. The number of fused-ring (bicyclic) bond motifs is 5. The smallest absolute Gasteiger partial charge is 0.197 e. The van der Waals surface area contributed by atoms with Gasteiger partial charge in [0.15, 0.2) is 0 Å². The lowest BCUT2D eigenvalue weighted by molar-refractivity contribution is -0.482. The molecule has 17 heavy (non-hydrogen) atoms. The van der Waals surface area contributed by atoms with E-state index in [0.29, 0.717) is 0 Å². The zero-order valence-corrected chi connectivity index (χ0v) is 9.12. The molecule has 0 bridgehead atoms. The van der Waals surface area contributed by atoms with Crippen LogP contribution in [0.4, 0.5) is 0 Å². The number of pyridine rings is 2. The molecule has 3 nitrogen and oxygen atoms in total. The van der Waals surface area contributed by atoms with Crippen LogP contribution in [0.1, 0.15) is 0 Å². The Kier molecular flexibility index (Phi) is 1.56. The highest BCUT2D eigenvalue weighted by molar-refractivity contribution is 5.92. The van der Waals surface area contributed by atoms with Gasteiger partial charge in [-0.15, -0.1) is 0 Å². The van der Waals surface area contributed by atoms with Crippen molar-refractivity contribution in [1.82, 2.24) is 9.61 Å². The highest BCUT2D eigenvalue weighted by Gasteiger charge is 2.14. The largest absolute Gasteiger partial charge is 0.306 e. The van der Waals surface area contributed by atoms with Crippen molar-refractivity contribution in [3.8, 4) is 0 Å². The molecule has 0 aliphatic heterocycles. The average Bonchev–Trinajstić information content (AvgIpc) is 2.77. The molecule has 0 fully saturated rings. The predicted octanol–water partition coefficient (Wildman–Crippen LogP) is 2.23. The first kappa shape index (κ1) is 8.70. The molecule has 4 aromatic rings. The lowest BCUT2D eigenvalue weighted by Gasteiger charge is -1.95. The Morgan fingerprint density at radius 2 is 1.82 bits per heavy atom. The maximum absolute atomic E-state index is 4.54. The number of hydrogen-bond donors (Lipinski definition) is 0. The van der Waals surface area contributed by atoms with E-state index in [1.165, 1.54) is 10.8 Å². The number of aromatic nitrogens is 3. The van der Waals surface area contributed by atoms with Crippen molar-refractivity contribution in [2.24, 2.45) is 0 Å². The van der Waals surface area contributed by atoms with Crippen LogP contribution in [0.25, 0.3) is 22.1 Å². The van der Waals surface area contributed by atoms with Crippen molar-refractivity contribution in [3.63, 3.8) is 0 Å². The molecule has 0 saturated carbocycles. The van der Waals surface area contributed by atoms with Gasteiger partial charge < -0.3 is 0 Å². The molecule has 0 aliphatic carbocycles. The Bertz CT molecular complexity index is 840. The first-order chi connectivity index (χ1) is 8.43. The van der Waals surface area contributed by atoms with Gasteiger partial charge in [-0.1, -0.05) is 28.8 Å². The molecule has 4 rings (SSSR count). The molecule has 0 N–H and O–H groups in total. The predicted molar refractivity (Wildman–Crippen MR) is 65.9 cm³/mol. The van der Waals surface area contributed by atoms with E-state index in [1.807, 2.05) is 35.1 Å². The van der Waals surface area contributed by atoms with Crippen LogP contribution in [-0.4, -0.2) is 9.61 Å². The SMILES string of the molecule is c1ccc2c(c1)ccn1nc3cccc[n+]3c21. The Hall–Kier alpha value is -2.42. The lowest BCUT2D eigenvalue weighted by atomic mass is 10.2. The van der Waals surface area contributed by atoms with Gasteiger partial charge >= 0.3 is 5.65 Å². The number of benzene rings is 1. The van der Waals surface area contributed by atoms with Gasteiger partial charge in [-0.3, -0.25) is 0 Å². The summed E-state index contributed by atoms with van der Waals surface area (Å²) in [4.78, 5) is 0. The van der Waals surface area contributed by atoms with Gasteiger partial charge in [0.2, 0.25) is 0 Å². The third kappa shape index (κ3) is 1.11. The second-order valence-electron chi connectivity index (χ2n) is 4.10. The minimum absolute atomic E-state index is 0.962. The fraction of sp³-hybridized carbons (Fsp3) is 0. The van der Waals surface area contributed by atoms with Crippen LogP contribution in [0.5, 0.6) is 0 Å². The first-order valence-electron chi connectivity index (χ1n) is 5.60. The number of nitrogens with zero attached hydrogens (tertiary/aromatic N) is 3. The Morgan fingerprint density at radius 1 is 0.941 bits per heavy atom. The molecule has 3 aromatic heterocycles. The van der Waals surface area contributed by atoms with Gasteiger partial charge in [-0.05, 0) is 23.6 Å². The summed E-state index contributed by atoms with van der Waals surface area (Å²) < 4.78 is 4.04. The Morgan fingerprint density at radius 3 is 2.82 bits per heavy atom. The van der Waals surface area contributed by atoms with Gasteiger partial charge in [-0.2, -0.15) is 4.40 Å². The summed E-state index contributed by atoms with van der Waals surface area (Å²) in [5, 5.41) is 7.00. The molecule has 0 unspecified atom stereocenters. The van der Waals surface area contributed by atoms with Crippen LogP contribution < -0.4 is 4.40 Å². The van der Waals surface area contributed by atoms with Crippen LogP contribution in [0.15, 0.2) is 60.9 Å². The molecule has 0 saturated heterocycles. The number of hydrogen-bond acceptors (Lipinski definition) is 1. The standard InChI is InChI=1S/C14H10N3/c1-2-6-12-11(5-1)8-10-17-14(12)16-9-4-3-7-13(16)15-17/h1-10H/q+1. The fourth-order valence-corrected chi connectivity index (χ4v) is 2.32. The average molecular weight is 220 g/mol. The van der Waals surface area contributed by atoms with E-state index < -0.39 is 0 Å². The molecule has 0 atom stereocenters. The van der Waals surface area contributed by atoms with E-state index in [0.717, 1.165) is 11.3 Å². The summed E-state index contributed by atoms with van der Waals surface area (Å²) in [5.41, 5.74) is 2.07. The second-order valence-corrected chi connectivity index (χ2v) is 4.10. The molecule has 0 spiro atoms. The third-order valence-electron chi connectivity index (χ3n) is 3.09. The zero-order valence-electron chi connectivity index (χ0n) is 9.12. The Balaban J connectivity index is 2.38. The third-order valence-corrected chi connectivity index (χ3v) is 3.09. The van der Waals surface area contributed by atoms with E-state index in [-0.39, 0.29) is 0 Å². The van der Waals surface area contributed by atoms with E-state index in [9.17, 15) is 0 Å².